The molecule has 196 valence electrons. The van der Waals surface area contributed by atoms with E-state index in [-0.39, 0.29) is 29.2 Å². The summed E-state index contributed by atoms with van der Waals surface area (Å²) in [7, 11) is 0. The van der Waals surface area contributed by atoms with Crippen molar-refractivity contribution < 1.29 is 24.2 Å². The molecule has 3 N–H and O–H groups in total. The highest BCUT2D eigenvalue weighted by Crippen LogP contribution is 2.60. The number of amides is 3. The van der Waals surface area contributed by atoms with Crippen molar-refractivity contribution in [3.8, 4) is 0 Å². The van der Waals surface area contributed by atoms with Crippen LogP contribution in [0.2, 0.25) is 0 Å². The standard InChI is InChI=1S/C28H32BrN3O5/c1-2-19(16-33)32-24(26(35)31-15-18-11-7-4-8-12-18)28-13-20(29)23(37-28)21(22(28)27(32)36)25(34)30-14-17-9-5-3-6-10-17/h3-12,19-24,33H,2,13-16H2,1H3,(H,30,34)(H,31,35)/t19-,20?,21+,22-,23+,24?,28?/m0/s1. The third kappa shape index (κ3) is 4.47. The summed E-state index contributed by atoms with van der Waals surface area (Å²) < 4.78 is 6.49. The Balaban J connectivity index is 1.44. The van der Waals surface area contributed by atoms with Crippen molar-refractivity contribution in [3.63, 3.8) is 0 Å². The van der Waals surface area contributed by atoms with Gasteiger partial charge in [-0.15, -0.1) is 0 Å². The van der Waals surface area contributed by atoms with Crippen molar-refractivity contribution in [1.82, 2.24) is 15.5 Å². The Bertz CT molecular complexity index is 1150. The number of rotatable bonds is 9. The lowest BCUT2D eigenvalue weighted by Crippen LogP contribution is -2.58. The zero-order valence-corrected chi connectivity index (χ0v) is 22.3. The predicted octanol–water partition coefficient (Wildman–Crippen LogP) is 2.14. The smallest absolute Gasteiger partial charge is 0.246 e. The topological polar surface area (TPSA) is 108 Å². The molecule has 0 aliphatic carbocycles. The molecule has 3 saturated heterocycles. The number of likely N-dealkylation sites (tertiary alicyclic amines) is 1. The van der Waals surface area contributed by atoms with E-state index in [4.69, 9.17) is 4.74 Å². The second-order valence-electron chi connectivity index (χ2n) is 10.1. The van der Waals surface area contributed by atoms with Gasteiger partial charge < -0.3 is 25.4 Å². The first-order valence-electron chi connectivity index (χ1n) is 12.8. The van der Waals surface area contributed by atoms with Gasteiger partial charge in [-0.2, -0.15) is 0 Å². The van der Waals surface area contributed by atoms with E-state index in [1.54, 1.807) is 0 Å². The van der Waals surface area contributed by atoms with Gasteiger partial charge in [0, 0.05) is 17.9 Å². The SMILES string of the molecule is CC[C@@H](CO)N1C(=O)[C@@H]2[C@@H](C(=O)NCc3ccccc3)[C@@H]3OC2(CC3Br)C1C(=O)NCc1ccccc1. The van der Waals surface area contributed by atoms with Gasteiger partial charge in [0.1, 0.15) is 11.6 Å². The molecular formula is C28H32BrN3O5. The van der Waals surface area contributed by atoms with Crippen LogP contribution >= 0.6 is 15.9 Å². The van der Waals surface area contributed by atoms with E-state index in [0.717, 1.165) is 11.1 Å². The molecular weight excluding hydrogens is 538 g/mol. The summed E-state index contributed by atoms with van der Waals surface area (Å²) >= 11 is 3.68. The number of aliphatic hydroxyl groups excluding tert-OH is 1. The molecule has 2 aromatic rings. The van der Waals surface area contributed by atoms with Gasteiger partial charge in [0.05, 0.1) is 30.6 Å². The maximum Gasteiger partial charge on any atom is 0.246 e. The van der Waals surface area contributed by atoms with Gasteiger partial charge in [0.2, 0.25) is 17.7 Å². The molecule has 2 aromatic carbocycles. The molecule has 0 radical (unpaired) electrons. The van der Waals surface area contributed by atoms with E-state index in [0.29, 0.717) is 25.9 Å². The second-order valence-corrected chi connectivity index (χ2v) is 11.2. The van der Waals surface area contributed by atoms with Crippen molar-refractivity contribution in [2.45, 2.75) is 61.5 Å². The zero-order valence-electron chi connectivity index (χ0n) is 20.7. The zero-order chi connectivity index (χ0) is 26.2. The molecule has 5 rings (SSSR count). The fourth-order valence-corrected chi connectivity index (χ4v) is 7.20. The largest absolute Gasteiger partial charge is 0.394 e. The van der Waals surface area contributed by atoms with Crippen LogP contribution in [0.15, 0.2) is 60.7 Å². The molecule has 3 aliphatic rings. The highest BCUT2D eigenvalue weighted by Gasteiger charge is 2.76. The maximum absolute atomic E-state index is 14.0. The Labute approximate surface area is 224 Å². The maximum atomic E-state index is 14.0. The van der Waals surface area contributed by atoms with Crippen LogP contribution in [0.25, 0.3) is 0 Å². The van der Waals surface area contributed by atoms with Gasteiger partial charge in [0.25, 0.3) is 0 Å². The average Bonchev–Trinajstić information content (AvgIpc) is 3.51. The molecule has 3 fully saturated rings. The number of ether oxygens (including phenoxy) is 1. The van der Waals surface area contributed by atoms with E-state index in [9.17, 15) is 19.5 Å². The van der Waals surface area contributed by atoms with Crippen molar-refractivity contribution in [2.75, 3.05) is 6.61 Å². The van der Waals surface area contributed by atoms with Gasteiger partial charge >= 0.3 is 0 Å². The van der Waals surface area contributed by atoms with Gasteiger partial charge in [-0.05, 0) is 24.0 Å². The van der Waals surface area contributed by atoms with Crippen LogP contribution in [0, 0.1) is 11.8 Å². The Kier molecular flexibility index (Phi) is 7.38. The van der Waals surface area contributed by atoms with Crippen molar-refractivity contribution in [3.05, 3.63) is 71.8 Å². The molecule has 0 aromatic heterocycles. The number of carbonyl (C=O) groups is 3. The monoisotopic (exact) mass is 569 g/mol. The average molecular weight is 570 g/mol. The molecule has 3 aliphatic heterocycles. The summed E-state index contributed by atoms with van der Waals surface area (Å²) in [6.07, 6.45) is 0.378. The third-order valence-corrected chi connectivity index (χ3v) is 8.82. The van der Waals surface area contributed by atoms with E-state index < -0.39 is 35.6 Å². The summed E-state index contributed by atoms with van der Waals surface area (Å²) in [6.45, 7) is 2.23. The van der Waals surface area contributed by atoms with Gasteiger partial charge in [-0.25, -0.2) is 0 Å². The normalized spacial score (nSPS) is 30.7. The molecule has 0 saturated carbocycles. The number of halogens is 1. The first kappa shape index (κ1) is 25.9. The predicted molar refractivity (Wildman–Crippen MR) is 140 cm³/mol. The minimum Gasteiger partial charge on any atom is -0.394 e. The summed E-state index contributed by atoms with van der Waals surface area (Å²) in [5.41, 5.74) is 0.741. The van der Waals surface area contributed by atoms with Crippen molar-refractivity contribution in [2.24, 2.45) is 11.8 Å². The van der Waals surface area contributed by atoms with E-state index in [1.165, 1.54) is 4.90 Å². The number of aliphatic hydroxyl groups is 1. The van der Waals surface area contributed by atoms with Gasteiger partial charge in [-0.3, -0.25) is 14.4 Å². The highest BCUT2D eigenvalue weighted by molar-refractivity contribution is 9.09. The van der Waals surface area contributed by atoms with Crippen molar-refractivity contribution in [1.29, 1.82) is 0 Å². The number of alkyl halides is 1. The molecule has 37 heavy (non-hydrogen) atoms. The van der Waals surface area contributed by atoms with E-state index in [2.05, 4.69) is 26.6 Å². The first-order valence-corrected chi connectivity index (χ1v) is 13.7. The van der Waals surface area contributed by atoms with Crippen LogP contribution in [-0.2, 0) is 32.2 Å². The molecule has 3 heterocycles. The van der Waals surface area contributed by atoms with E-state index >= 15 is 0 Å². The lowest BCUT2D eigenvalue weighted by Gasteiger charge is -2.36. The molecule has 9 heteroatoms. The summed E-state index contributed by atoms with van der Waals surface area (Å²) in [5.74, 6) is -2.43. The highest BCUT2D eigenvalue weighted by atomic mass is 79.9. The Morgan fingerprint density at radius 3 is 2.16 bits per heavy atom. The minimum absolute atomic E-state index is 0.178. The quantitative estimate of drug-likeness (QED) is 0.401. The first-order chi connectivity index (χ1) is 17.9. The minimum atomic E-state index is -1.14. The van der Waals surface area contributed by atoms with Crippen LogP contribution < -0.4 is 10.6 Å². The Morgan fingerprint density at radius 2 is 1.62 bits per heavy atom. The van der Waals surface area contributed by atoms with E-state index in [1.807, 2.05) is 67.6 Å². The molecule has 7 atom stereocenters. The lowest BCUT2D eigenvalue weighted by atomic mass is 9.70. The summed E-state index contributed by atoms with van der Waals surface area (Å²) in [5, 5.41) is 16.1. The van der Waals surface area contributed by atoms with Crippen LogP contribution in [0.1, 0.15) is 30.9 Å². The van der Waals surface area contributed by atoms with Crippen LogP contribution in [-0.4, -0.2) is 63.0 Å². The van der Waals surface area contributed by atoms with Crippen LogP contribution in [0.5, 0.6) is 0 Å². The summed E-state index contributed by atoms with van der Waals surface area (Å²) in [6, 6.07) is 17.6. The third-order valence-electron chi connectivity index (χ3n) is 7.97. The van der Waals surface area contributed by atoms with Gasteiger partial charge in [0.15, 0.2) is 0 Å². The molecule has 2 bridgehead atoms. The number of nitrogens with zero attached hydrogens (tertiary/aromatic N) is 1. The summed E-state index contributed by atoms with van der Waals surface area (Å²) in [4.78, 5) is 42.5. The molecule has 3 amide bonds. The van der Waals surface area contributed by atoms with Crippen molar-refractivity contribution >= 4 is 33.7 Å². The molecule has 3 unspecified atom stereocenters. The van der Waals surface area contributed by atoms with Gasteiger partial charge in [-0.1, -0.05) is 83.5 Å². The number of benzene rings is 2. The number of hydrogen-bond donors (Lipinski definition) is 3. The van der Waals surface area contributed by atoms with Crippen LogP contribution in [0.4, 0.5) is 0 Å². The second kappa shape index (κ2) is 10.6. The fourth-order valence-electron chi connectivity index (χ4n) is 6.26. The lowest BCUT2D eigenvalue weighted by molar-refractivity contribution is -0.145. The number of hydrogen-bond acceptors (Lipinski definition) is 5. The molecule has 8 nitrogen and oxygen atoms in total. The fraction of sp³-hybridized carbons (Fsp3) is 0.464. The Morgan fingerprint density at radius 1 is 1.05 bits per heavy atom. The number of fused-ring (bicyclic) bond motifs is 1. The number of carbonyl (C=O) groups excluding carboxylic acids is 3. The molecule has 1 spiro atoms. The number of nitrogens with one attached hydrogen (secondary N) is 2. The Hall–Kier alpha value is -2.75. The van der Waals surface area contributed by atoms with Crippen LogP contribution in [0.3, 0.4) is 0 Å².